The van der Waals surface area contributed by atoms with Crippen LogP contribution in [0, 0.1) is 0 Å². The molecule has 0 fully saturated rings. The highest BCUT2D eigenvalue weighted by Crippen LogP contribution is 2.06. The van der Waals surface area contributed by atoms with Crippen LogP contribution in [0.2, 0.25) is 5.02 Å². The number of thioether (sulfide) groups is 1. The van der Waals surface area contributed by atoms with E-state index in [1.165, 1.54) is 0 Å². The maximum Gasteiger partial charge on any atom is 0.0646 e. The normalized spacial score (nSPS) is 11.5. The van der Waals surface area contributed by atoms with Crippen LogP contribution in [-0.2, 0) is 0 Å². The van der Waals surface area contributed by atoms with Crippen LogP contribution in [0.1, 0.15) is 5.69 Å². The van der Waals surface area contributed by atoms with Crippen LogP contribution in [0.25, 0.3) is 6.08 Å². The van der Waals surface area contributed by atoms with E-state index in [1.54, 1.807) is 35.8 Å². The summed E-state index contributed by atoms with van der Waals surface area (Å²) >= 11 is 7.23. The Balaban J connectivity index is 2.59. The highest BCUT2D eigenvalue weighted by atomic mass is 35.5. The zero-order valence-corrected chi connectivity index (χ0v) is 8.72. The summed E-state index contributed by atoms with van der Waals surface area (Å²) in [6.45, 7) is 0. The van der Waals surface area contributed by atoms with Gasteiger partial charge in [0.15, 0.2) is 0 Å². The van der Waals surface area contributed by atoms with E-state index in [4.69, 9.17) is 11.6 Å². The molecule has 0 N–H and O–H groups in total. The Morgan fingerprint density at radius 3 is 3.00 bits per heavy atom. The molecule has 13 heavy (non-hydrogen) atoms. The largest absolute Gasteiger partial charge is 0.258 e. The van der Waals surface area contributed by atoms with Gasteiger partial charge in [0.2, 0.25) is 0 Å². The summed E-state index contributed by atoms with van der Waals surface area (Å²) in [4.78, 5) is 8.07. The van der Waals surface area contributed by atoms with Crippen LogP contribution >= 0.6 is 23.4 Å². The van der Waals surface area contributed by atoms with E-state index in [1.807, 2.05) is 18.4 Å². The van der Waals surface area contributed by atoms with Gasteiger partial charge in [0, 0.05) is 12.4 Å². The minimum absolute atomic E-state index is 0.643. The van der Waals surface area contributed by atoms with Crippen LogP contribution < -0.4 is 0 Å². The van der Waals surface area contributed by atoms with Gasteiger partial charge in [-0.1, -0.05) is 11.6 Å². The Labute approximate surface area is 86.7 Å². The minimum Gasteiger partial charge on any atom is -0.258 e. The maximum absolute atomic E-state index is 5.68. The third-order valence-electron chi connectivity index (χ3n) is 1.25. The molecule has 0 radical (unpaired) electrons. The zero-order valence-electron chi connectivity index (χ0n) is 7.14. The average molecular weight is 213 g/mol. The van der Waals surface area contributed by atoms with Gasteiger partial charge in [0.05, 0.1) is 16.3 Å². The highest BCUT2D eigenvalue weighted by molar-refractivity contribution is 8.11. The molecule has 0 saturated heterocycles. The minimum atomic E-state index is 0.643. The Kier molecular flexibility index (Phi) is 4.57. The summed E-state index contributed by atoms with van der Waals surface area (Å²) in [5.41, 5.74) is 2.61. The van der Waals surface area contributed by atoms with Crippen molar-refractivity contribution in [2.45, 2.75) is 0 Å². The summed E-state index contributed by atoms with van der Waals surface area (Å²) < 4.78 is 0. The van der Waals surface area contributed by atoms with Crippen LogP contribution in [0.4, 0.5) is 0 Å². The monoisotopic (exact) mass is 212 g/mol. The lowest BCUT2D eigenvalue weighted by atomic mass is 10.3. The molecule has 0 saturated carbocycles. The molecule has 0 amide bonds. The van der Waals surface area contributed by atoms with Gasteiger partial charge in [-0.3, -0.25) is 9.98 Å². The van der Waals surface area contributed by atoms with Crippen LogP contribution in [0.15, 0.2) is 29.5 Å². The standard InChI is InChI=1S/C9H9ClN2S/c1-13-7-11-5-4-9-3-2-8(10)6-12-9/h2-7H,1H3/b5-4+,11-7-. The molecule has 1 rings (SSSR count). The molecular weight excluding hydrogens is 204 g/mol. The van der Waals surface area contributed by atoms with Crippen molar-refractivity contribution < 1.29 is 0 Å². The lowest BCUT2D eigenvalue weighted by Gasteiger charge is -1.90. The molecule has 68 valence electrons. The second kappa shape index (κ2) is 5.78. The second-order valence-electron chi connectivity index (χ2n) is 2.21. The molecule has 2 nitrogen and oxygen atoms in total. The van der Waals surface area contributed by atoms with Gasteiger partial charge in [-0.25, -0.2) is 0 Å². The first-order chi connectivity index (χ1) is 6.33. The fourth-order valence-corrected chi connectivity index (χ4v) is 1.01. The molecule has 0 aromatic carbocycles. The molecule has 0 aliphatic heterocycles. The number of nitrogens with zero attached hydrogens (tertiary/aromatic N) is 2. The first-order valence-corrected chi connectivity index (χ1v) is 5.32. The van der Waals surface area contributed by atoms with Gasteiger partial charge in [0.1, 0.15) is 0 Å². The number of hydrogen-bond donors (Lipinski definition) is 0. The van der Waals surface area contributed by atoms with E-state index in [0.29, 0.717) is 5.02 Å². The maximum atomic E-state index is 5.68. The number of hydrogen-bond acceptors (Lipinski definition) is 3. The van der Waals surface area contributed by atoms with Crippen molar-refractivity contribution in [3.8, 4) is 0 Å². The summed E-state index contributed by atoms with van der Waals surface area (Å²) in [7, 11) is 0. The number of halogens is 1. The second-order valence-corrected chi connectivity index (χ2v) is 3.33. The molecular formula is C9H9ClN2S. The first-order valence-electron chi connectivity index (χ1n) is 3.65. The zero-order chi connectivity index (χ0) is 9.52. The van der Waals surface area contributed by atoms with Crippen molar-refractivity contribution in [1.82, 2.24) is 4.98 Å². The highest BCUT2D eigenvalue weighted by Gasteiger charge is 1.87. The molecule has 1 heterocycles. The Morgan fingerprint density at radius 2 is 2.38 bits per heavy atom. The van der Waals surface area contributed by atoms with Gasteiger partial charge >= 0.3 is 0 Å². The smallest absolute Gasteiger partial charge is 0.0646 e. The van der Waals surface area contributed by atoms with Gasteiger partial charge in [-0.2, -0.15) is 0 Å². The molecule has 0 aliphatic carbocycles. The quantitative estimate of drug-likeness (QED) is 0.568. The van der Waals surface area contributed by atoms with E-state index in [2.05, 4.69) is 9.98 Å². The first kappa shape index (κ1) is 10.3. The lowest BCUT2D eigenvalue weighted by molar-refractivity contribution is 1.29. The number of aromatic nitrogens is 1. The molecule has 1 aromatic rings. The van der Waals surface area contributed by atoms with E-state index in [-0.39, 0.29) is 0 Å². The third-order valence-corrected chi connectivity index (χ3v) is 1.80. The van der Waals surface area contributed by atoms with E-state index in [0.717, 1.165) is 5.69 Å². The molecule has 0 aliphatic rings. The van der Waals surface area contributed by atoms with Gasteiger partial charge in [-0.15, -0.1) is 11.8 Å². The lowest BCUT2D eigenvalue weighted by Crippen LogP contribution is -1.77. The van der Waals surface area contributed by atoms with Crippen molar-refractivity contribution in [3.63, 3.8) is 0 Å². The predicted molar refractivity (Wildman–Crippen MR) is 60.3 cm³/mol. The van der Waals surface area contributed by atoms with Crippen molar-refractivity contribution in [3.05, 3.63) is 35.2 Å². The van der Waals surface area contributed by atoms with Crippen LogP contribution in [0.3, 0.4) is 0 Å². The van der Waals surface area contributed by atoms with Crippen LogP contribution in [0.5, 0.6) is 0 Å². The SMILES string of the molecule is CS/C=N\C=C\c1ccc(Cl)cn1. The summed E-state index contributed by atoms with van der Waals surface area (Å²) in [6.07, 6.45) is 7.09. The van der Waals surface area contributed by atoms with E-state index in [9.17, 15) is 0 Å². The third kappa shape index (κ3) is 4.10. The van der Waals surface area contributed by atoms with Crippen molar-refractivity contribution in [2.75, 3.05) is 6.26 Å². The summed E-state index contributed by atoms with van der Waals surface area (Å²) in [6, 6.07) is 3.64. The van der Waals surface area contributed by atoms with Gasteiger partial charge in [-0.05, 0) is 24.5 Å². The van der Waals surface area contributed by atoms with E-state index < -0.39 is 0 Å². The average Bonchev–Trinajstić information content (AvgIpc) is 2.15. The molecule has 0 atom stereocenters. The molecule has 4 heteroatoms. The van der Waals surface area contributed by atoms with Crippen molar-refractivity contribution in [1.29, 1.82) is 0 Å². The Bertz CT molecular complexity index is 306. The predicted octanol–water partition coefficient (Wildman–Crippen LogP) is 3.10. The fourth-order valence-electron chi connectivity index (χ4n) is 0.701. The van der Waals surface area contributed by atoms with Crippen molar-refractivity contribution >= 4 is 35.0 Å². The van der Waals surface area contributed by atoms with Gasteiger partial charge < -0.3 is 0 Å². The van der Waals surface area contributed by atoms with Crippen molar-refractivity contribution in [2.24, 2.45) is 4.99 Å². The molecule has 0 spiro atoms. The molecule has 0 bridgehead atoms. The Hall–Kier alpha value is -0.800. The molecule has 1 aromatic heterocycles. The number of rotatable bonds is 3. The van der Waals surface area contributed by atoms with Gasteiger partial charge in [0.25, 0.3) is 0 Å². The summed E-state index contributed by atoms with van der Waals surface area (Å²) in [5, 5.41) is 0.643. The van der Waals surface area contributed by atoms with Crippen LogP contribution in [-0.4, -0.2) is 16.8 Å². The fraction of sp³-hybridized carbons (Fsp3) is 0.111. The topological polar surface area (TPSA) is 25.2 Å². The number of pyridine rings is 1. The summed E-state index contributed by atoms with van der Waals surface area (Å²) in [5.74, 6) is 0. The molecule has 0 unspecified atom stereocenters. The Morgan fingerprint density at radius 1 is 1.54 bits per heavy atom. The van der Waals surface area contributed by atoms with E-state index >= 15 is 0 Å². The number of aliphatic imine (C=N–C) groups is 1.